The summed E-state index contributed by atoms with van der Waals surface area (Å²) in [5, 5.41) is 8.19. The van der Waals surface area contributed by atoms with Gasteiger partial charge in [0.15, 0.2) is 0 Å². The van der Waals surface area contributed by atoms with Crippen LogP contribution in [0.2, 0.25) is 0 Å². The van der Waals surface area contributed by atoms with E-state index in [4.69, 9.17) is 5.11 Å². The average molecular weight is 276 g/mol. The fourth-order valence-electron chi connectivity index (χ4n) is 0.775. The number of halogens is 9. The van der Waals surface area contributed by atoms with Gasteiger partial charge in [-0.05, 0) is 0 Å². The molecule has 0 aromatic rings. The van der Waals surface area contributed by atoms with Crippen LogP contribution in [0.15, 0.2) is 12.3 Å². The van der Waals surface area contributed by atoms with Crippen LogP contribution in [-0.4, -0.2) is 29.1 Å². The highest BCUT2D eigenvalue weighted by molar-refractivity contribution is 5.04. The normalized spacial score (nSPS) is 14.9. The van der Waals surface area contributed by atoms with Gasteiger partial charge >= 0.3 is 23.9 Å². The fourth-order valence-corrected chi connectivity index (χ4v) is 0.775. The average Bonchev–Trinajstić information content (AvgIpc) is 1.98. The van der Waals surface area contributed by atoms with Crippen molar-refractivity contribution in [2.24, 2.45) is 0 Å². The number of hydrogen-bond donors (Lipinski definition) is 1. The summed E-state index contributed by atoms with van der Waals surface area (Å²) in [4.78, 5) is 0. The zero-order valence-corrected chi connectivity index (χ0v) is 7.76. The molecule has 0 saturated carbocycles. The number of alkyl halides is 9. The molecule has 0 aliphatic carbocycles. The maximum absolute atomic E-state index is 12.5. The Morgan fingerprint density at radius 3 is 1.41 bits per heavy atom. The van der Waals surface area contributed by atoms with Crippen molar-refractivity contribution in [2.75, 3.05) is 0 Å². The minimum Gasteiger partial charge on any atom is -0.513 e. The molecule has 0 spiro atoms. The lowest BCUT2D eigenvalue weighted by Crippen LogP contribution is -2.60. The summed E-state index contributed by atoms with van der Waals surface area (Å²) >= 11 is 0. The molecule has 0 aromatic heterocycles. The molecule has 0 atom stereocenters. The Morgan fingerprint density at radius 2 is 1.18 bits per heavy atom. The molecule has 10 heteroatoms. The largest absolute Gasteiger partial charge is 0.513 e. The van der Waals surface area contributed by atoms with Gasteiger partial charge in [0.25, 0.3) is 0 Å². The third-order valence-corrected chi connectivity index (χ3v) is 1.64. The molecule has 1 N–H and O–H groups in total. The second-order valence-corrected chi connectivity index (χ2v) is 3.09. The van der Waals surface area contributed by atoms with Crippen molar-refractivity contribution in [1.29, 1.82) is 0 Å². The van der Waals surface area contributed by atoms with Crippen molar-refractivity contribution in [3.05, 3.63) is 12.3 Å². The van der Waals surface area contributed by atoms with Crippen LogP contribution in [0, 0.1) is 0 Å². The number of aliphatic hydroxyl groups is 1. The number of allylic oxidation sites excluding steroid dienone is 1. The first kappa shape index (κ1) is 15.9. The molecule has 0 unspecified atom stereocenters. The highest BCUT2D eigenvalue weighted by atomic mass is 19.4. The van der Waals surface area contributed by atoms with Crippen molar-refractivity contribution in [3.8, 4) is 0 Å². The van der Waals surface area contributed by atoms with Gasteiger partial charge in [-0.15, -0.1) is 0 Å². The van der Waals surface area contributed by atoms with Gasteiger partial charge in [0.05, 0.1) is 12.2 Å². The van der Waals surface area contributed by atoms with E-state index >= 15 is 0 Å². The predicted octanol–water partition coefficient (Wildman–Crippen LogP) is 3.92. The summed E-state index contributed by atoms with van der Waals surface area (Å²) in [5.74, 6) is -21.1. The molecule has 0 bridgehead atoms. The fraction of sp³-hybridized carbons (Fsp3) is 0.714. The van der Waals surface area contributed by atoms with Crippen LogP contribution < -0.4 is 0 Å². The molecule has 1 nitrogen and oxygen atoms in total. The van der Waals surface area contributed by atoms with E-state index in [2.05, 4.69) is 6.58 Å². The number of hydrogen-bond acceptors (Lipinski definition) is 1. The van der Waals surface area contributed by atoms with Gasteiger partial charge in [-0.25, -0.2) is 0 Å². The Kier molecular flexibility index (Phi) is 3.73. The minimum atomic E-state index is -6.93. The molecular weight excluding hydrogens is 271 g/mol. The van der Waals surface area contributed by atoms with Crippen LogP contribution in [0.3, 0.4) is 0 Å². The lowest BCUT2D eigenvalue weighted by Gasteiger charge is -2.33. The molecule has 0 radical (unpaired) electrons. The molecule has 17 heavy (non-hydrogen) atoms. The van der Waals surface area contributed by atoms with E-state index in [1.54, 1.807) is 0 Å². The molecule has 0 aromatic carbocycles. The molecule has 0 rings (SSSR count). The van der Waals surface area contributed by atoms with Crippen molar-refractivity contribution in [3.63, 3.8) is 0 Å². The first-order valence-electron chi connectivity index (χ1n) is 3.74. The maximum Gasteiger partial charge on any atom is 0.460 e. The number of rotatable bonds is 4. The van der Waals surface area contributed by atoms with Gasteiger partial charge in [0.2, 0.25) is 0 Å². The second-order valence-electron chi connectivity index (χ2n) is 3.09. The Bertz CT molecular complexity index is 303. The minimum absolute atomic E-state index is 1.65. The highest BCUT2D eigenvalue weighted by Crippen LogP contribution is 2.54. The summed E-state index contributed by atoms with van der Waals surface area (Å²) in [6, 6.07) is 0. The van der Waals surface area contributed by atoms with E-state index < -0.39 is 36.1 Å². The lowest BCUT2D eigenvalue weighted by molar-refractivity contribution is -0.396. The Balaban J connectivity index is 5.47. The molecule has 0 amide bonds. The molecule has 0 saturated heterocycles. The van der Waals surface area contributed by atoms with Crippen molar-refractivity contribution >= 4 is 0 Å². The van der Waals surface area contributed by atoms with Crippen LogP contribution in [0.4, 0.5) is 39.5 Å². The topological polar surface area (TPSA) is 20.2 Å². The van der Waals surface area contributed by atoms with Gasteiger partial charge in [0.1, 0.15) is 0 Å². The first-order valence-corrected chi connectivity index (χ1v) is 3.74. The van der Waals surface area contributed by atoms with E-state index in [0.29, 0.717) is 0 Å². The third kappa shape index (κ3) is 2.60. The van der Waals surface area contributed by atoms with Crippen LogP contribution in [-0.2, 0) is 0 Å². The first-order chi connectivity index (χ1) is 7.17. The van der Waals surface area contributed by atoms with Crippen molar-refractivity contribution in [1.82, 2.24) is 0 Å². The zero-order valence-electron chi connectivity index (χ0n) is 7.76. The standard InChI is InChI=1S/C7H5F9O/c1-3(17)2-4(8,9)5(10,11)6(12,13)7(14,15)16/h17H,1-2H2. The van der Waals surface area contributed by atoms with Crippen LogP contribution in [0.25, 0.3) is 0 Å². The summed E-state index contributed by atoms with van der Waals surface area (Å²) in [5.41, 5.74) is 0. The van der Waals surface area contributed by atoms with E-state index in [1.807, 2.05) is 0 Å². The van der Waals surface area contributed by atoms with E-state index in [1.165, 1.54) is 0 Å². The molecule has 0 heterocycles. The smallest absolute Gasteiger partial charge is 0.460 e. The molecule has 0 aliphatic rings. The third-order valence-electron chi connectivity index (χ3n) is 1.64. The van der Waals surface area contributed by atoms with E-state index in [9.17, 15) is 39.5 Å². The highest BCUT2D eigenvalue weighted by Gasteiger charge is 2.81. The maximum atomic E-state index is 12.5. The quantitative estimate of drug-likeness (QED) is 0.609. The Labute approximate surface area is 88.5 Å². The Hall–Kier alpha value is -1.09. The van der Waals surface area contributed by atoms with E-state index in [0.717, 1.165) is 0 Å². The number of aliphatic hydroxyl groups excluding tert-OH is 1. The molecule has 0 aliphatic heterocycles. The molecule has 0 fully saturated rings. The monoisotopic (exact) mass is 276 g/mol. The van der Waals surface area contributed by atoms with Gasteiger partial charge in [-0.1, -0.05) is 6.58 Å². The predicted molar refractivity (Wildman–Crippen MR) is 37.3 cm³/mol. The van der Waals surface area contributed by atoms with Gasteiger partial charge in [-0.3, -0.25) is 0 Å². The zero-order chi connectivity index (χ0) is 14.3. The molecular formula is C7H5F9O. The van der Waals surface area contributed by atoms with Crippen LogP contribution in [0.5, 0.6) is 0 Å². The van der Waals surface area contributed by atoms with Crippen LogP contribution in [0.1, 0.15) is 6.42 Å². The summed E-state index contributed by atoms with van der Waals surface area (Å²) in [6.45, 7) is 2.31. The van der Waals surface area contributed by atoms with E-state index in [-0.39, 0.29) is 0 Å². The van der Waals surface area contributed by atoms with Gasteiger partial charge in [-0.2, -0.15) is 39.5 Å². The molecule has 102 valence electrons. The summed E-state index contributed by atoms with van der Waals surface area (Å²) in [6.07, 6.45) is -9.26. The van der Waals surface area contributed by atoms with Gasteiger partial charge < -0.3 is 5.11 Å². The second kappa shape index (κ2) is 3.98. The summed E-state index contributed by atoms with van der Waals surface area (Å²) in [7, 11) is 0. The van der Waals surface area contributed by atoms with Crippen molar-refractivity contribution < 1.29 is 44.6 Å². The summed E-state index contributed by atoms with van der Waals surface area (Å²) < 4.78 is 109. The van der Waals surface area contributed by atoms with Crippen LogP contribution >= 0.6 is 0 Å². The SMILES string of the molecule is C=C(O)CC(F)(F)C(F)(F)C(F)(F)C(F)(F)F. The lowest BCUT2D eigenvalue weighted by atomic mass is 10.0. The Morgan fingerprint density at radius 1 is 0.824 bits per heavy atom. The van der Waals surface area contributed by atoms with Crippen molar-refractivity contribution in [2.45, 2.75) is 30.4 Å². The van der Waals surface area contributed by atoms with Gasteiger partial charge in [0, 0.05) is 0 Å².